The summed E-state index contributed by atoms with van der Waals surface area (Å²) in [6.07, 6.45) is 35.6. The summed E-state index contributed by atoms with van der Waals surface area (Å²) in [5.41, 5.74) is 0. The SMILES string of the molecule is CCCCCCCCCCCCCCCCC(C)[n+]1cc[nH]c1C(CCCCCCCC)C(C)C. The molecule has 35 heavy (non-hydrogen) atoms. The van der Waals surface area contributed by atoms with Gasteiger partial charge in [-0.15, -0.1) is 0 Å². The van der Waals surface area contributed by atoms with Gasteiger partial charge in [-0.25, -0.2) is 9.55 Å². The van der Waals surface area contributed by atoms with E-state index in [2.05, 4.69) is 56.6 Å². The van der Waals surface area contributed by atoms with Crippen LogP contribution in [0, 0.1) is 5.92 Å². The highest BCUT2D eigenvalue weighted by Crippen LogP contribution is 2.28. The lowest BCUT2D eigenvalue weighted by atomic mass is 9.89. The van der Waals surface area contributed by atoms with Crippen LogP contribution < -0.4 is 4.57 Å². The number of H-pyrrole nitrogens is 1. The first-order chi connectivity index (χ1) is 17.1. The fraction of sp³-hybridized carbons (Fsp3) is 0.909. The second kappa shape index (κ2) is 22.4. The average Bonchev–Trinajstić information content (AvgIpc) is 3.33. The van der Waals surface area contributed by atoms with Gasteiger partial charge in [0, 0.05) is 0 Å². The van der Waals surface area contributed by atoms with Gasteiger partial charge in [0.1, 0.15) is 12.4 Å². The first-order valence-corrected chi connectivity index (χ1v) is 16.2. The Labute approximate surface area is 221 Å². The normalized spacial score (nSPS) is 13.5. The summed E-state index contributed by atoms with van der Waals surface area (Å²) in [5.74, 6) is 2.84. The maximum atomic E-state index is 3.64. The molecule has 0 aromatic carbocycles. The molecule has 0 aliphatic rings. The van der Waals surface area contributed by atoms with E-state index in [1.165, 1.54) is 147 Å². The second-order valence-corrected chi connectivity index (χ2v) is 11.9. The van der Waals surface area contributed by atoms with Crippen LogP contribution in [0.2, 0.25) is 0 Å². The van der Waals surface area contributed by atoms with Crippen LogP contribution in [-0.2, 0) is 0 Å². The summed E-state index contributed by atoms with van der Waals surface area (Å²) < 4.78 is 2.57. The van der Waals surface area contributed by atoms with E-state index in [1.807, 2.05) is 0 Å². The Hall–Kier alpha value is -0.790. The van der Waals surface area contributed by atoms with Gasteiger partial charge in [-0.1, -0.05) is 150 Å². The lowest BCUT2D eigenvalue weighted by molar-refractivity contribution is -0.727. The molecule has 0 aliphatic carbocycles. The molecule has 2 atom stereocenters. The first-order valence-electron chi connectivity index (χ1n) is 16.2. The zero-order valence-electron chi connectivity index (χ0n) is 24.9. The number of imidazole rings is 1. The maximum absolute atomic E-state index is 3.64. The monoisotopic (exact) mass is 490 g/mol. The van der Waals surface area contributed by atoms with E-state index in [4.69, 9.17) is 0 Å². The zero-order valence-corrected chi connectivity index (χ0v) is 24.9. The van der Waals surface area contributed by atoms with E-state index in [-0.39, 0.29) is 0 Å². The van der Waals surface area contributed by atoms with E-state index in [0.29, 0.717) is 17.9 Å². The number of unbranched alkanes of at least 4 members (excludes halogenated alkanes) is 18. The van der Waals surface area contributed by atoms with Crippen molar-refractivity contribution in [2.45, 2.75) is 188 Å². The number of aromatic nitrogens is 2. The second-order valence-electron chi connectivity index (χ2n) is 11.9. The zero-order chi connectivity index (χ0) is 25.6. The highest BCUT2D eigenvalue weighted by Gasteiger charge is 2.27. The van der Waals surface area contributed by atoms with Crippen molar-refractivity contribution < 1.29 is 4.57 Å². The Morgan fingerprint density at radius 3 is 1.40 bits per heavy atom. The summed E-state index contributed by atoms with van der Waals surface area (Å²) in [7, 11) is 0. The molecule has 1 rings (SSSR count). The van der Waals surface area contributed by atoms with Crippen molar-refractivity contribution in [2.24, 2.45) is 5.92 Å². The number of rotatable bonds is 25. The van der Waals surface area contributed by atoms with Gasteiger partial charge in [0.15, 0.2) is 0 Å². The Morgan fingerprint density at radius 1 is 0.571 bits per heavy atom. The van der Waals surface area contributed by atoms with Gasteiger partial charge in [-0.05, 0) is 32.1 Å². The molecular weight excluding hydrogens is 424 g/mol. The van der Waals surface area contributed by atoms with Crippen molar-refractivity contribution in [3.63, 3.8) is 0 Å². The van der Waals surface area contributed by atoms with Gasteiger partial charge in [0.2, 0.25) is 0 Å². The molecule has 0 aliphatic heterocycles. The van der Waals surface area contributed by atoms with Crippen LogP contribution in [0.1, 0.15) is 194 Å². The van der Waals surface area contributed by atoms with E-state index in [9.17, 15) is 0 Å². The molecule has 0 fully saturated rings. The molecule has 1 aromatic heterocycles. The molecule has 2 nitrogen and oxygen atoms in total. The molecular formula is C33H65N2+. The van der Waals surface area contributed by atoms with Crippen LogP contribution in [0.15, 0.2) is 12.4 Å². The molecule has 1 aromatic rings. The number of aromatic amines is 1. The fourth-order valence-electron chi connectivity index (χ4n) is 5.74. The van der Waals surface area contributed by atoms with Crippen molar-refractivity contribution in [3.05, 3.63) is 18.2 Å². The summed E-state index contributed by atoms with van der Waals surface area (Å²) in [4.78, 5) is 3.64. The summed E-state index contributed by atoms with van der Waals surface area (Å²) in [5, 5.41) is 0. The van der Waals surface area contributed by atoms with Crippen LogP contribution in [0.25, 0.3) is 0 Å². The van der Waals surface area contributed by atoms with Gasteiger partial charge in [-0.2, -0.15) is 0 Å². The number of hydrogen-bond donors (Lipinski definition) is 1. The Balaban J connectivity index is 2.17. The minimum atomic E-state index is 0.611. The van der Waals surface area contributed by atoms with Crippen molar-refractivity contribution in [1.82, 2.24) is 4.98 Å². The predicted octanol–water partition coefficient (Wildman–Crippen LogP) is 11.2. The van der Waals surface area contributed by atoms with Crippen molar-refractivity contribution in [1.29, 1.82) is 0 Å². The molecule has 0 saturated carbocycles. The van der Waals surface area contributed by atoms with Crippen LogP contribution in [-0.4, -0.2) is 4.98 Å². The molecule has 0 spiro atoms. The molecule has 0 amide bonds. The van der Waals surface area contributed by atoms with Gasteiger partial charge in [0.25, 0.3) is 5.82 Å². The Kier molecular flexibility index (Phi) is 20.6. The molecule has 0 radical (unpaired) electrons. The molecule has 2 heteroatoms. The third-order valence-electron chi connectivity index (χ3n) is 8.22. The summed E-state index contributed by atoms with van der Waals surface area (Å²) in [6.45, 7) is 11.9. The van der Waals surface area contributed by atoms with Crippen molar-refractivity contribution in [3.8, 4) is 0 Å². The molecule has 1 N–H and O–H groups in total. The predicted molar refractivity (Wildman–Crippen MR) is 156 cm³/mol. The Morgan fingerprint density at radius 2 is 0.971 bits per heavy atom. The number of nitrogens with one attached hydrogen (secondary N) is 1. The third kappa shape index (κ3) is 15.8. The Bertz CT molecular complexity index is 561. The van der Waals surface area contributed by atoms with Gasteiger partial charge >= 0.3 is 0 Å². The molecule has 0 saturated heterocycles. The molecule has 0 bridgehead atoms. The van der Waals surface area contributed by atoms with E-state index in [1.54, 1.807) is 0 Å². The highest BCUT2D eigenvalue weighted by molar-refractivity contribution is 4.92. The topological polar surface area (TPSA) is 19.7 Å². The highest BCUT2D eigenvalue weighted by atomic mass is 15.1. The molecule has 2 unspecified atom stereocenters. The van der Waals surface area contributed by atoms with Crippen LogP contribution >= 0.6 is 0 Å². The van der Waals surface area contributed by atoms with Crippen LogP contribution in [0.3, 0.4) is 0 Å². The molecule has 206 valence electrons. The number of hydrogen-bond acceptors (Lipinski definition) is 0. The van der Waals surface area contributed by atoms with E-state index >= 15 is 0 Å². The standard InChI is InChI=1S/C33H64N2/c1-6-8-10-12-14-15-16-17-18-19-20-21-22-24-26-31(5)35-29-28-34-33(35)32(30(3)4)27-25-23-13-11-9-7-2/h28-32H,6-27H2,1-5H3/p+1. The van der Waals surface area contributed by atoms with Crippen LogP contribution in [0.5, 0.6) is 0 Å². The number of nitrogens with zero attached hydrogens (tertiary/aromatic N) is 1. The largest absolute Gasteiger partial charge is 0.257 e. The summed E-state index contributed by atoms with van der Waals surface area (Å²) >= 11 is 0. The third-order valence-corrected chi connectivity index (χ3v) is 8.22. The average molecular weight is 490 g/mol. The van der Waals surface area contributed by atoms with Gasteiger partial charge in [0.05, 0.1) is 12.0 Å². The van der Waals surface area contributed by atoms with Gasteiger partial charge in [-0.3, -0.25) is 0 Å². The van der Waals surface area contributed by atoms with E-state index in [0.717, 1.165) is 0 Å². The summed E-state index contributed by atoms with van der Waals surface area (Å²) in [6, 6.07) is 0.611. The lowest BCUT2D eigenvalue weighted by Gasteiger charge is -2.20. The quantitative estimate of drug-likeness (QED) is 0.104. The first kappa shape index (κ1) is 32.2. The fourth-order valence-corrected chi connectivity index (χ4v) is 5.74. The minimum absolute atomic E-state index is 0.611. The smallest absolute Gasteiger partial charge is 0.247 e. The van der Waals surface area contributed by atoms with Crippen molar-refractivity contribution in [2.75, 3.05) is 0 Å². The van der Waals surface area contributed by atoms with Crippen LogP contribution in [0.4, 0.5) is 0 Å². The van der Waals surface area contributed by atoms with Crippen molar-refractivity contribution >= 4 is 0 Å². The lowest BCUT2D eigenvalue weighted by Crippen LogP contribution is -2.41. The van der Waals surface area contributed by atoms with E-state index < -0.39 is 0 Å². The van der Waals surface area contributed by atoms with Gasteiger partial charge < -0.3 is 0 Å². The molecule has 1 heterocycles. The minimum Gasteiger partial charge on any atom is -0.247 e. The maximum Gasteiger partial charge on any atom is 0.257 e.